The summed E-state index contributed by atoms with van der Waals surface area (Å²) >= 11 is 0. The maximum atomic E-state index is 13.6. The fourth-order valence-corrected chi connectivity index (χ4v) is 6.75. The summed E-state index contributed by atoms with van der Waals surface area (Å²) < 4.78 is 34.1. The van der Waals surface area contributed by atoms with E-state index >= 15 is 0 Å². The fourth-order valence-electron chi connectivity index (χ4n) is 4.97. The molecule has 2 fully saturated rings. The van der Waals surface area contributed by atoms with Gasteiger partial charge in [-0.3, -0.25) is 4.79 Å². The van der Waals surface area contributed by atoms with Gasteiger partial charge >= 0.3 is 0 Å². The van der Waals surface area contributed by atoms with E-state index in [-0.39, 0.29) is 35.1 Å². The van der Waals surface area contributed by atoms with Crippen molar-refractivity contribution in [1.82, 2.24) is 14.8 Å². The first-order chi connectivity index (χ1) is 16.3. The van der Waals surface area contributed by atoms with E-state index < -0.39 is 10.0 Å². The zero-order valence-electron chi connectivity index (χ0n) is 20.3. The molecule has 1 aromatic carbocycles. The number of nitrogens with one attached hydrogen (secondary N) is 1. The van der Waals surface area contributed by atoms with E-state index in [1.165, 1.54) is 10.7 Å². The highest BCUT2D eigenvalue weighted by atomic mass is 32.2. The van der Waals surface area contributed by atoms with Gasteiger partial charge < -0.3 is 9.84 Å². The van der Waals surface area contributed by atoms with Gasteiger partial charge in [-0.15, -0.1) is 0 Å². The molecule has 34 heavy (non-hydrogen) atoms. The monoisotopic (exact) mass is 485 g/mol. The average Bonchev–Trinajstić information content (AvgIpc) is 3.21. The number of sulfonamides is 1. The lowest BCUT2D eigenvalue weighted by Crippen LogP contribution is -2.48. The highest BCUT2D eigenvalue weighted by Gasteiger charge is 2.37. The van der Waals surface area contributed by atoms with E-state index in [0.29, 0.717) is 25.1 Å². The maximum absolute atomic E-state index is 13.6. The van der Waals surface area contributed by atoms with Crippen molar-refractivity contribution in [2.24, 2.45) is 5.92 Å². The number of aryl methyl sites for hydroxylation is 3. The van der Waals surface area contributed by atoms with E-state index in [1.807, 2.05) is 38.1 Å². The van der Waals surface area contributed by atoms with Crippen LogP contribution >= 0.6 is 0 Å². The Hall–Kier alpha value is -2.45. The second kappa shape index (κ2) is 10.4. The van der Waals surface area contributed by atoms with Crippen LogP contribution in [0.1, 0.15) is 73.1 Å². The van der Waals surface area contributed by atoms with Gasteiger partial charge in [-0.25, -0.2) is 8.42 Å². The zero-order chi connectivity index (χ0) is 24.3. The molecule has 0 radical (unpaired) electrons. The first-order valence-electron chi connectivity index (χ1n) is 12.3. The quantitative estimate of drug-likeness (QED) is 0.645. The van der Waals surface area contributed by atoms with Crippen molar-refractivity contribution < 1.29 is 17.7 Å². The number of benzene rings is 1. The summed E-state index contributed by atoms with van der Waals surface area (Å²) in [5.74, 6) is -0.143. The number of amides is 1. The van der Waals surface area contributed by atoms with Gasteiger partial charge in [-0.2, -0.15) is 4.31 Å². The van der Waals surface area contributed by atoms with Crippen LogP contribution in [0.15, 0.2) is 27.6 Å². The van der Waals surface area contributed by atoms with Crippen molar-refractivity contribution in [3.8, 4) is 0 Å². The van der Waals surface area contributed by atoms with Crippen molar-refractivity contribution in [1.29, 1.82) is 0 Å². The molecule has 1 atom stereocenters. The number of hydrogen-bond donors (Lipinski definition) is 1. The van der Waals surface area contributed by atoms with Gasteiger partial charge in [0.1, 0.15) is 5.69 Å². The van der Waals surface area contributed by atoms with Crippen LogP contribution in [0.5, 0.6) is 0 Å². The molecule has 1 saturated heterocycles. The van der Waals surface area contributed by atoms with Crippen LogP contribution in [0.4, 0.5) is 0 Å². The standard InChI is InChI=1S/C26H35N3O4S/c1-18-11-12-19(2)21(16-18)13-14-24-25(20(3)28-33-24)34(31,32)29-15-7-8-22(17-29)26(30)27-23-9-5-4-6-10-23/h11-14,16,22-23H,4-10,15,17H2,1-3H3,(H,27,30)/b14-13+/t22-/m0/s1. The van der Waals surface area contributed by atoms with Crippen LogP contribution in [-0.4, -0.2) is 42.9 Å². The second-order valence-electron chi connectivity index (χ2n) is 9.70. The van der Waals surface area contributed by atoms with E-state index in [4.69, 9.17) is 4.52 Å². The van der Waals surface area contributed by atoms with Crippen LogP contribution in [0.25, 0.3) is 12.2 Å². The van der Waals surface area contributed by atoms with Gasteiger partial charge in [0.2, 0.25) is 15.9 Å². The molecule has 1 N–H and O–H groups in total. The number of nitrogens with zero attached hydrogens (tertiary/aromatic N) is 2. The Kier molecular flexibility index (Phi) is 7.57. The number of rotatable bonds is 6. The summed E-state index contributed by atoms with van der Waals surface area (Å²) in [6.45, 7) is 6.24. The van der Waals surface area contributed by atoms with Crippen molar-refractivity contribution in [2.75, 3.05) is 13.1 Å². The van der Waals surface area contributed by atoms with E-state index in [0.717, 1.165) is 42.4 Å². The molecule has 1 aliphatic heterocycles. The Morgan fingerprint density at radius 2 is 1.85 bits per heavy atom. The zero-order valence-corrected chi connectivity index (χ0v) is 21.2. The minimum atomic E-state index is -3.86. The van der Waals surface area contributed by atoms with Crippen LogP contribution in [-0.2, 0) is 14.8 Å². The normalized spacial score (nSPS) is 20.6. The molecule has 2 heterocycles. The topological polar surface area (TPSA) is 92.5 Å². The van der Waals surface area contributed by atoms with Gasteiger partial charge in [0.15, 0.2) is 10.7 Å². The summed E-state index contributed by atoms with van der Waals surface area (Å²) in [5, 5.41) is 7.11. The molecule has 1 saturated carbocycles. The van der Waals surface area contributed by atoms with Crippen molar-refractivity contribution in [2.45, 2.75) is 76.7 Å². The highest BCUT2D eigenvalue weighted by Crippen LogP contribution is 2.30. The second-order valence-corrected chi connectivity index (χ2v) is 11.6. The Morgan fingerprint density at radius 3 is 2.62 bits per heavy atom. The predicted octanol–water partition coefficient (Wildman–Crippen LogP) is 4.62. The molecular weight excluding hydrogens is 450 g/mol. The highest BCUT2D eigenvalue weighted by molar-refractivity contribution is 7.89. The van der Waals surface area contributed by atoms with E-state index in [2.05, 4.69) is 10.5 Å². The number of carbonyl (C=O) groups is 1. The first kappa shape index (κ1) is 24.7. The van der Waals surface area contributed by atoms with Crippen LogP contribution in [0.3, 0.4) is 0 Å². The molecule has 8 heteroatoms. The van der Waals surface area contributed by atoms with Gasteiger partial charge in [0.25, 0.3) is 0 Å². The van der Waals surface area contributed by atoms with Crippen molar-refractivity contribution in [3.63, 3.8) is 0 Å². The molecule has 1 aliphatic carbocycles. The predicted molar refractivity (Wildman–Crippen MR) is 133 cm³/mol. The van der Waals surface area contributed by atoms with Crippen molar-refractivity contribution >= 4 is 28.1 Å². The first-order valence-corrected chi connectivity index (χ1v) is 13.7. The van der Waals surface area contributed by atoms with Crippen LogP contribution in [0.2, 0.25) is 0 Å². The Labute approximate surface area is 202 Å². The van der Waals surface area contributed by atoms with Gasteiger partial charge in [0.05, 0.1) is 5.92 Å². The van der Waals surface area contributed by atoms with E-state index in [9.17, 15) is 13.2 Å². The minimum absolute atomic E-state index is 0.0242. The molecule has 0 spiro atoms. The molecule has 2 aliphatic rings. The lowest BCUT2D eigenvalue weighted by molar-refractivity contribution is -0.127. The molecular formula is C26H35N3O4S. The van der Waals surface area contributed by atoms with E-state index in [1.54, 1.807) is 13.0 Å². The molecule has 0 unspecified atom stereocenters. The average molecular weight is 486 g/mol. The third-order valence-electron chi connectivity index (χ3n) is 6.99. The number of hydrogen-bond acceptors (Lipinski definition) is 5. The van der Waals surface area contributed by atoms with Gasteiger partial charge in [0, 0.05) is 19.1 Å². The molecule has 1 amide bonds. The van der Waals surface area contributed by atoms with Gasteiger partial charge in [-0.05, 0) is 63.7 Å². The van der Waals surface area contributed by atoms with Crippen molar-refractivity contribution in [3.05, 3.63) is 46.3 Å². The van der Waals surface area contributed by atoms with Gasteiger partial charge in [-0.1, -0.05) is 54.3 Å². The smallest absolute Gasteiger partial charge is 0.248 e. The summed E-state index contributed by atoms with van der Waals surface area (Å²) in [7, 11) is -3.86. The molecule has 7 nitrogen and oxygen atoms in total. The fraction of sp³-hybridized carbons (Fsp3) is 0.538. The summed E-state index contributed by atoms with van der Waals surface area (Å²) in [5.41, 5.74) is 3.53. The lowest BCUT2D eigenvalue weighted by Gasteiger charge is -2.32. The molecule has 184 valence electrons. The Bertz CT molecular complexity index is 1160. The molecule has 4 rings (SSSR count). The maximum Gasteiger partial charge on any atom is 0.248 e. The van der Waals surface area contributed by atoms with Crippen LogP contribution < -0.4 is 5.32 Å². The number of piperidine rings is 1. The Morgan fingerprint density at radius 1 is 1.09 bits per heavy atom. The Balaban J connectivity index is 1.52. The third-order valence-corrected chi connectivity index (χ3v) is 9.01. The molecule has 1 aromatic heterocycles. The number of aromatic nitrogens is 1. The third kappa shape index (κ3) is 5.44. The van der Waals surface area contributed by atoms with Crippen LogP contribution in [0, 0.1) is 26.7 Å². The molecule has 2 aromatic rings. The summed E-state index contributed by atoms with van der Waals surface area (Å²) in [4.78, 5) is 13.0. The lowest BCUT2D eigenvalue weighted by atomic mass is 9.93. The SMILES string of the molecule is Cc1ccc(C)c(/C=C/c2onc(C)c2S(=O)(=O)N2CCC[C@H](C(=O)NC3CCCCC3)C2)c1. The molecule has 0 bridgehead atoms. The minimum Gasteiger partial charge on any atom is -0.355 e. The summed E-state index contributed by atoms with van der Waals surface area (Å²) in [6, 6.07) is 6.34. The summed E-state index contributed by atoms with van der Waals surface area (Å²) in [6.07, 6.45) is 10.4. The number of carbonyl (C=O) groups excluding carboxylic acids is 1. The largest absolute Gasteiger partial charge is 0.355 e.